The summed E-state index contributed by atoms with van der Waals surface area (Å²) in [6, 6.07) is 4.26. The molecule has 1 aromatic rings. The van der Waals surface area contributed by atoms with E-state index in [2.05, 4.69) is 20.7 Å². The fourth-order valence-electron chi connectivity index (χ4n) is 1.19. The van der Waals surface area contributed by atoms with Crippen LogP contribution in [0, 0.1) is 5.82 Å². The monoisotopic (exact) mass is 343 g/mol. The zero-order valence-corrected chi connectivity index (χ0v) is 12.1. The largest absolute Gasteiger partial charge is 0.279 e. The summed E-state index contributed by atoms with van der Waals surface area (Å²) < 4.78 is 39.3. The summed E-state index contributed by atoms with van der Waals surface area (Å²) in [5.74, 6) is -0.264. The summed E-state index contributed by atoms with van der Waals surface area (Å²) >= 11 is 8.55. The summed E-state index contributed by atoms with van der Waals surface area (Å²) in [5.41, 5.74) is -0.0571. The van der Waals surface area contributed by atoms with E-state index in [9.17, 15) is 12.8 Å². The Balaban J connectivity index is 2.76. The zero-order chi connectivity index (χ0) is 12.9. The highest BCUT2D eigenvalue weighted by Gasteiger charge is 2.14. The number of unbranched alkanes of at least 4 members (excludes halogenated alkanes) is 1. The Morgan fingerprint density at radius 2 is 2.06 bits per heavy atom. The lowest BCUT2D eigenvalue weighted by Crippen LogP contribution is -2.18. The molecule has 96 valence electrons. The Morgan fingerprint density at radius 1 is 1.35 bits per heavy atom. The minimum atomic E-state index is -3.53. The molecule has 3 nitrogen and oxygen atoms in total. The lowest BCUT2D eigenvalue weighted by Gasteiger charge is -2.10. The number of rotatable bonds is 6. The second-order valence-electron chi connectivity index (χ2n) is 3.41. The van der Waals surface area contributed by atoms with Gasteiger partial charge in [-0.05, 0) is 40.9 Å². The molecule has 0 radical (unpaired) electrons. The summed E-state index contributed by atoms with van der Waals surface area (Å²) in [4.78, 5) is 0. The Bertz CT molecular complexity index is 461. The topological polar surface area (TPSA) is 46.2 Å². The predicted molar refractivity (Wildman–Crippen MR) is 71.5 cm³/mol. The second kappa shape index (κ2) is 6.56. The molecule has 0 unspecified atom stereocenters. The van der Waals surface area contributed by atoms with E-state index in [0.717, 1.165) is 0 Å². The molecule has 7 heteroatoms. The van der Waals surface area contributed by atoms with E-state index in [-0.39, 0.29) is 11.4 Å². The summed E-state index contributed by atoms with van der Waals surface area (Å²) in [6.45, 7) is 0. The van der Waals surface area contributed by atoms with Crippen molar-refractivity contribution >= 4 is 43.2 Å². The van der Waals surface area contributed by atoms with E-state index >= 15 is 0 Å². The SMILES string of the molecule is O=S(=O)(CCCCCl)Nc1c(F)cccc1Br. The molecule has 0 bridgehead atoms. The molecule has 0 saturated heterocycles. The van der Waals surface area contributed by atoms with Gasteiger partial charge in [0.25, 0.3) is 0 Å². The van der Waals surface area contributed by atoms with Crippen molar-refractivity contribution in [3.8, 4) is 0 Å². The van der Waals surface area contributed by atoms with Crippen LogP contribution in [0.2, 0.25) is 0 Å². The molecule has 0 fully saturated rings. The molecule has 0 amide bonds. The third kappa shape index (κ3) is 4.81. The zero-order valence-electron chi connectivity index (χ0n) is 8.92. The summed E-state index contributed by atoms with van der Waals surface area (Å²) in [6.07, 6.45) is 1.06. The maximum absolute atomic E-state index is 13.4. The van der Waals surface area contributed by atoms with Crippen molar-refractivity contribution in [2.24, 2.45) is 0 Å². The number of sulfonamides is 1. The third-order valence-corrected chi connectivity index (χ3v) is 4.29. The quantitative estimate of drug-likeness (QED) is 0.635. The highest BCUT2D eigenvalue weighted by molar-refractivity contribution is 9.10. The molecule has 0 heterocycles. The number of hydrogen-bond donors (Lipinski definition) is 1. The van der Waals surface area contributed by atoms with Crippen LogP contribution >= 0.6 is 27.5 Å². The van der Waals surface area contributed by atoms with Gasteiger partial charge in [-0.3, -0.25) is 4.72 Å². The van der Waals surface area contributed by atoms with Gasteiger partial charge < -0.3 is 0 Å². The lowest BCUT2D eigenvalue weighted by atomic mass is 10.3. The number of para-hydroxylation sites is 1. The van der Waals surface area contributed by atoms with Crippen molar-refractivity contribution in [1.82, 2.24) is 0 Å². The molecule has 0 aromatic heterocycles. The van der Waals surface area contributed by atoms with Crippen molar-refractivity contribution < 1.29 is 12.8 Å². The first kappa shape index (κ1) is 14.7. The Morgan fingerprint density at radius 3 is 2.65 bits per heavy atom. The van der Waals surface area contributed by atoms with Gasteiger partial charge in [0.2, 0.25) is 10.0 Å². The molecule has 1 N–H and O–H groups in total. The maximum Gasteiger partial charge on any atom is 0.232 e. The van der Waals surface area contributed by atoms with Crippen LogP contribution in [0.15, 0.2) is 22.7 Å². The van der Waals surface area contributed by atoms with Gasteiger partial charge in [-0.2, -0.15) is 0 Å². The van der Waals surface area contributed by atoms with Crippen LogP contribution in [0.25, 0.3) is 0 Å². The van der Waals surface area contributed by atoms with Crippen molar-refractivity contribution in [3.05, 3.63) is 28.5 Å². The van der Waals surface area contributed by atoms with Crippen molar-refractivity contribution in [2.45, 2.75) is 12.8 Å². The highest BCUT2D eigenvalue weighted by atomic mass is 79.9. The molecular formula is C10H12BrClFNO2S. The van der Waals surface area contributed by atoms with E-state index in [1.165, 1.54) is 12.1 Å². The molecule has 1 aromatic carbocycles. The van der Waals surface area contributed by atoms with E-state index in [1.807, 2.05) is 0 Å². The number of hydrogen-bond acceptors (Lipinski definition) is 2. The van der Waals surface area contributed by atoms with Crippen molar-refractivity contribution in [3.63, 3.8) is 0 Å². The van der Waals surface area contributed by atoms with Gasteiger partial charge in [-0.15, -0.1) is 11.6 Å². The Kier molecular flexibility index (Phi) is 5.69. The van der Waals surface area contributed by atoms with Crippen LogP contribution in [-0.2, 0) is 10.0 Å². The number of halogens is 3. The van der Waals surface area contributed by atoms with E-state index < -0.39 is 15.8 Å². The third-order valence-electron chi connectivity index (χ3n) is 2.02. The first-order valence-corrected chi connectivity index (χ1v) is 7.95. The molecule has 0 aliphatic carbocycles. The van der Waals surface area contributed by atoms with Crippen LogP contribution in [0.3, 0.4) is 0 Å². The molecule has 0 spiro atoms. The maximum atomic E-state index is 13.4. The lowest BCUT2D eigenvalue weighted by molar-refractivity contribution is 0.595. The summed E-state index contributed by atoms with van der Waals surface area (Å²) in [7, 11) is -3.53. The first-order chi connectivity index (χ1) is 7.96. The first-order valence-electron chi connectivity index (χ1n) is 4.97. The van der Waals surface area contributed by atoms with Crippen molar-refractivity contribution in [1.29, 1.82) is 0 Å². The van der Waals surface area contributed by atoms with Crippen LogP contribution in [-0.4, -0.2) is 20.1 Å². The summed E-state index contributed by atoms with van der Waals surface area (Å²) in [5, 5.41) is 0. The van der Waals surface area contributed by atoms with Gasteiger partial charge in [0.15, 0.2) is 0 Å². The fourth-order valence-corrected chi connectivity index (χ4v) is 3.15. The standard InChI is InChI=1S/C10H12BrClFNO2S/c11-8-4-3-5-9(13)10(8)14-17(15,16)7-2-1-6-12/h3-5,14H,1-2,6-7H2. The molecular weight excluding hydrogens is 333 g/mol. The smallest absolute Gasteiger partial charge is 0.232 e. The van der Waals surface area contributed by atoms with Crippen molar-refractivity contribution in [2.75, 3.05) is 16.4 Å². The minimum absolute atomic E-state index is 0.0571. The van der Waals surface area contributed by atoms with E-state index in [0.29, 0.717) is 23.2 Å². The second-order valence-corrected chi connectivity index (χ2v) is 6.49. The average molecular weight is 345 g/mol. The van der Waals surface area contributed by atoms with Gasteiger partial charge in [0.05, 0.1) is 11.4 Å². The molecule has 0 atom stereocenters. The van der Waals surface area contributed by atoms with Gasteiger partial charge in [0, 0.05) is 10.4 Å². The van der Waals surface area contributed by atoms with Crippen LogP contribution in [0.5, 0.6) is 0 Å². The average Bonchev–Trinajstić information content (AvgIpc) is 2.24. The number of nitrogens with one attached hydrogen (secondary N) is 1. The molecule has 0 saturated carbocycles. The van der Waals surface area contributed by atoms with Gasteiger partial charge in [0.1, 0.15) is 5.82 Å². The Hall–Kier alpha value is -0.330. The normalized spacial score (nSPS) is 11.5. The number of alkyl halides is 1. The fraction of sp³-hybridized carbons (Fsp3) is 0.400. The van der Waals surface area contributed by atoms with E-state index in [1.54, 1.807) is 6.07 Å². The van der Waals surface area contributed by atoms with Crippen LogP contribution in [0.4, 0.5) is 10.1 Å². The van der Waals surface area contributed by atoms with Crippen LogP contribution in [0.1, 0.15) is 12.8 Å². The molecule has 0 aliphatic heterocycles. The molecule has 17 heavy (non-hydrogen) atoms. The minimum Gasteiger partial charge on any atom is -0.279 e. The number of anilines is 1. The highest BCUT2D eigenvalue weighted by Crippen LogP contribution is 2.26. The van der Waals surface area contributed by atoms with Gasteiger partial charge in [-0.25, -0.2) is 12.8 Å². The van der Waals surface area contributed by atoms with E-state index in [4.69, 9.17) is 11.6 Å². The molecule has 0 aliphatic rings. The molecule has 1 rings (SSSR count). The Labute approximate surface area is 114 Å². The number of benzene rings is 1. The predicted octanol–water partition coefficient (Wildman–Crippen LogP) is 3.35. The van der Waals surface area contributed by atoms with Gasteiger partial charge in [-0.1, -0.05) is 6.07 Å². The van der Waals surface area contributed by atoms with Crippen LogP contribution < -0.4 is 4.72 Å². The van der Waals surface area contributed by atoms with Gasteiger partial charge >= 0.3 is 0 Å².